The van der Waals surface area contributed by atoms with E-state index in [0.717, 1.165) is 12.8 Å². The number of benzene rings is 1. The van der Waals surface area contributed by atoms with Crippen molar-refractivity contribution in [2.45, 2.75) is 39.2 Å². The van der Waals surface area contributed by atoms with Crippen molar-refractivity contribution in [3.05, 3.63) is 29.8 Å². The van der Waals surface area contributed by atoms with E-state index in [9.17, 15) is 9.59 Å². The van der Waals surface area contributed by atoms with Crippen LogP contribution in [0.3, 0.4) is 0 Å². The third-order valence-corrected chi connectivity index (χ3v) is 3.30. The summed E-state index contributed by atoms with van der Waals surface area (Å²) >= 11 is 0. The Morgan fingerprint density at radius 2 is 1.81 bits per heavy atom. The number of likely N-dealkylation sites (N-methyl/N-ethyl adjacent to an activating group) is 1. The van der Waals surface area contributed by atoms with E-state index >= 15 is 0 Å². The molecule has 116 valence electrons. The molecule has 0 saturated heterocycles. The molecule has 0 atom stereocenters. The van der Waals surface area contributed by atoms with Gasteiger partial charge >= 0.3 is 5.97 Å². The summed E-state index contributed by atoms with van der Waals surface area (Å²) in [5.41, 5.74) is 0.475. The first kappa shape index (κ1) is 17.2. The molecule has 0 aliphatic carbocycles. The Morgan fingerprint density at radius 1 is 1.19 bits per heavy atom. The van der Waals surface area contributed by atoms with E-state index < -0.39 is 5.54 Å². The highest BCUT2D eigenvalue weighted by Gasteiger charge is 2.25. The number of anilines is 1. The normalized spacial score (nSPS) is 11.0. The number of rotatable bonds is 7. The first-order valence-electron chi connectivity index (χ1n) is 7.18. The van der Waals surface area contributed by atoms with Gasteiger partial charge in [-0.3, -0.25) is 4.79 Å². The number of hydrogen-bond donors (Lipinski definition) is 2. The number of nitrogens with one attached hydrogen (secondary N) is 2. The van der Waals surface area contributed by atoms with Crippen LogP contribution in [-0.2, 0) is 9.53 Å². The van der Waals surface area contributed by atoms with Gasteiger partial charge in [0.05, 0.1) is 17.7 Å². The summed E-state index contributed by atoms with van der Waals surface area (Å²) in [6, 6.07) is 6.69. The van der Waals surface area contributed by atoms with Crippen LogP contribution in [0.15, 0.2) is 24.3 Å². The molecule has 0 spiro atoms. The molecule has 0 heterocycles. The Morgan fingerprint density at radius 3 is 2.33 bits per heavy atom. The second kappa shape index (κ2) is 7.78. The fourth-order valence-corrected chi connectivity index (χ4v) is 1.48. The summed E-state index contributed by atoms with van der Waals surface area (Å²) in [6.07, 6.45) is 1.85. The summed E-state index contributed by atoms with van der Waals surface area (Å²) in [5.74, 6) is -0.472. The maximum Gasteiger partial charge on any atom is 0.338 e. The molecule has 0 radical (unpaired) electrons. The summed E-state index contributed by atoms with van der Waals surface area (Å²) in [6.45, 7) is 6.06. The van der Waals surface area contributed by atoms with Crippen LogP contribution in [0, 0.1) is 0 Å². The summed E-state index contributed by atoms with van der Waals surface area (Å²) in [5, 5.41) is 5.73. The molecule has 2 N–H and O–H groups in total. The van der Waals surface area contributed by atoms with Gasteiger partial charge in [-0.05, 0) is 51.6 Å². The van der Waals surface area contributed by atoms with E-state index in [-0.39, 0.29) is 11.9 Å². The van der Waals surface area contributed by atoms with E-state index in [0.29, 0.717) is 17.9 Å². The largest absolute Gasteiger partial charge is 0.462 e. The molecule has 0 aliphatic heterocycles. The SMILES string of the molecule is CCCCOC(=O)c1ccc(NC(=O)C(C)(C)NC)cc1. The average Bonchev–Trinajstić information content (AvgIpc) is 2.48. The van der Waals surface area contributed by atoms with Crippen molar-refractivity contribution < 1.29 is 14.3 Å². The zero-order valence-electron chi connectivity index (χ0n) is 13.2. The predicted molar refractivity (Wildman–Crippen MR) is 83.4 cm³/mol. The third kappa shape index (κ3) is 5.19. The Kier molecular flexibility index (Phi) is 6.37. The lowest BCUT2D eigenvalue weighted by Gasteiger charge is -2.22. The van der Waals surface area contributed by atoms with Crippen LogP contribution in [0.25, 0.3) is 0 Å². The Bertz CT molecular complexity index is 481. The predicted octanol–water partition coefficient (Wildman–Crippen LogP) is 2.58. The van der Waals surface area contributed by atoms with Crippen LogP contribution in [0.5, 0.6) is 0 Å². The highest BCUT2D eigenvalue weighted by Crippen LogP contribution is 2.13. The van der Waals surface area contributed by atoms with E-state index in [1.54, 1.807) is 45.2 Å². The third-order valence-electron chi connectivity index (χ3n) is 3.30. The van der Waals surface area contributed by atoms with E-state index in [1.165, 1.54) is 0 Å². The molecule has 0 bridgehead atoms. The quantitative estimate of drug-likeness (QED) is 0.599. The lowest BCUT2D eigenvalue weighted by molar-refractivity contribution is -0.121. The van der Waals surface area contributed by atoms with Crippen molar-refractivity contribution >= 4 is 17.6 Å². The number of unbranched alkanes of at least 4 members (excludes halogenated alkanes) is 1. The van der Waals surface area contributed by atoms with Crippen molar-refractivity contribution in [3.63, 3.8) is 0 Å². The zero-order chi connectivity index (χ0) is 15.9. The molecular weight excluding hydrogens is 268 g/mol. The highest BCUT2D eigenvalue weighted by molar-refractivity contribution is 5.98. The lowest BCUT2D eigenvalue weighted by atomic mass is 10.0. The van der Waals surface area contributed by atoms with Gasteiger partial charge in [0.2, 0.25) is 5.91 Å². The second-order valence-electron chi connectivity index (χ2n) is 5.40. The van der Waals surface area contributed by atoms with Gasteiger partial charge in [0.15, 0.2) is 0 Å². The van der Waals surface area contributed by atoms with Gasteiger partial charge in [-0.15, -0.1) is 0 Å². The number of carbonyl (C=O) groups excluding carboxylic acids is 2. The van der Waals surface area contributed by atoms with Gasteiger partial charge in [-0.25, -0.2) is 4.79 Å². The lowest BCUT2D eigenvalue weighted by Crippen LogP contribution is -2.47. The van der Waals surface area contributed by atoms with Crippen molar-refractivity contribution in [1.82, 2.24) is 5.32 Å². The van der Waals surface area contributed by atoms with E-state index in [2.05, 4.69) is 10.6 Å². The first-order valence-corrected chi connectivity index (χ1v) is 7.18. The number of ether oxygens (including phenoxy) is 1. The monoisotopic (exact) mass is 292 g/mol. The van der Waals surface area contributed by atoms with Gasteiger partial charge in [-0.1, -0.05) is 13.3 Å². The second-order valence-corrected chi connectivity index (χ2v) is 5.40. The molecule has 1 aromatic carbocycles. The minimum absolute atomic E-state index is 0.136. The Labute approximate surface area is 126 Å². The maximum atomic E-state index is 12.0. The maximum absolute atomic E-state index is 12.0. The van der Waals surface area contributed by atoms with Gasteiger partial charge in [0.1, 0.15) is 0 Å². The summed E-state index contributed by atoms with van der Waals surface area (Å²) < 4.78 is 5.12. The molecule has 1 rings (SSSR count). The Balaban J connectivity index is 2.62. The number of carbonyl (C=O) groups is 2. The molecule has 0 aromatic heterocycles. The average molecular weight is 292 g/mol. The number of esters is 1. The van der Waals surface area contributed by atoms with Crippen molar-refractivity contribution in [2.24, 2.45) is 0 Å². The molecule has 5 heteroatoms. The standard InChI is InChI=1S/C16H24N2O3/c1-5-6-11-21-14(19)12-7-9-13(10-8-12)18-15(20)16(2,3)17-4/h7-10,17H,5-6,11H2,1-4H3,(H,18,20). The minimum atomic E-state index is -0.655. The molecule has 1 aromatic rings. The van der Waals surface area contributed by atoms with Crippen molar-refractivity contribution in [2.75, 3.05) is 19.0 Å². The molecule has 0 aliphatic rings. The highest BCUT2D eigenvalue weighted by atomic mass is 16.5. The Hall–Kier alpha value is -1.88. The fraction of sp³-hybridized carbons (Fsp3) is 0.500. The van der Waals surface area contributed by atoms with Crippen LogP contribution in [0.4, 0.5) is 5.69 Å². The topological polar surface area (TPSA) is 67.4 Å². The van der Waals surface area contributed by atoms with E-state index in [4.69, 9.17) is 4.74 Å². The van der Waals surface area contributed by atoms with Gasteiger partial charge in [-0.2, -0.15) is 0 Å². The molecule has 0 fully saturated rings. The van der Waals surface area contributed by atoms with E-state index in [1.807, 2.05) is 6.92 Å². The number of amides is 1. The minimum Gasteiger partial charge on any atom is -0.462 e. The van der Waals surface area contributed by atoms with Crippen LogP contribution in [-0.4, -0.2) is 31.1 Å². The van der Waals surface area contributed by atoms with Crippen molar-refractivity contribution in [1.29, 1.82) is 0 Å². The summed E-state index contributed by atoms with van der Waals surface area (Å²) in [4.78, 5) is 23.7. The molecule has 1 amide bonds. The van der Waals surface area contributed by atoms with Crippen LogP contribution >= 0.6 is 0 Å². The van der Waals surface area contributed by atoms with Gasteiger partial charge in [0, 0.05) is 5.69 Å². The first-order chi connectivity index (χ1) is 9.90. The van der Waals surface area contributed by atoms with Crippen LogP contribution < -0.4 is 10.6 Å². The zero-order valence-corrected chi connectivity index (χ0v) is 13.2. The van der Waals surface area contributed by atoms with Crippen molar-refractivity contribution in [3.8, 4) is 0 Å². The molecule has 0 saturated carbocycles. The molecule has 0 unspecified atom stereocenters. The smallest absolute Gasteiger partial charge is 0.338 e. The fourth-order valence-electron chi connectivity index (χ4n) is 1.48. The molecule has 21 heavy (non-hydrogen) atoms. The van der Waals surface area contributed by atoms with Crippen LogP contribution in [0.1, 0.15) is 44.0 Å². The summed E-state index contributed by atoms with van der Waals surface area (Å²) in [7, 11) is 1.73. The number of hydrogen-bond acceptors (Lipinski definition) is 4. The van der Waals surface area contributed by atoms with Crippen LogP contribution in [0.2, 0.25) is 0 Å². The molecular formula is C16H24N2O3. The van der Waals surface area contributed by atoms with Gasteiger partial charge < -0.3 is 15.4 Å². The van der Waals surface area contributed by atoms with Gasteiger partial charge in [0.25, 0.3) is 0 Å². The molecule has 5 nitrogen and oxygen atoms in total.